The van der Waals surface area contributed by atoms with Crippen molar-refractivity contribution >= 4 is 34.5 Å². The Labute approximate surface area is 197 Å². The maximum Gasteiger partial charge on any atom is 0.175 e. The molecule has 0 saturated carbocycles. The Morgan fingerprint density at radius 2 is 2.24 bits per heavy atom. The number of thiazole rings is 1. The van der Waals surface area contributed by atoms with Crippen LogP contribution >= 0.6 is 11.3 Å². The van der Waals surface area contributed by atoms with Gasteiger partial charge in [-0.25, -0.2) is 9.97 Å². The molecular formula is C24H29N7OS. The quantitative estimate of drug-likeness (QED) is 0.367. The molecule has 0 bridgehead atoms. The third-order valence-electron chi connectivity index (χ3n) is 5.66. The van der Waals surface area contributed by atoms with Crippen LogP contribution in [0.4, 0.5) is 5.82 Å². The van der Waals surface area contributed by atoms with Crippen molar-refractivity contribution in [3.8, 4) is 11.4 Å². The summed E-state index contributed by atoms with van der Waals surface area (Å²) >= 11 is 1.36. The van der Waals surface area contributed by atoms with Gasteiger partial charge in [0.2, 0.25) is 0 Å². The van der Waals surface area contributed by atoms with Crippen molar-refractivity contribution in [3.05, 3.63) is 58.2 Å². The molecular weight excluding hydrogens is 434 g/mol. The molecule has 5 rings (SSSR count). The van der Waals surface area contributed by atoms with Crippen molar-refractivity contribution in [1.29, 1.82) is 0 Å². The molecule has 1 unspecified atom stereocenters. The zero-order chi connectivity index (χ0) is 23.4. The van der Waals surface area contributed by atoms with Gasteiger partial charge in [0, 0.05) is 36.6 Å². The molecule has 8 nitrogen and oxygen atoms in total. The number of carbonyl (C=O) groups excluding carboxylic acids is 1. The fourth-order valence-corrected chi connectivity index (χ4v) is 4.45. The van der Waals surface area contributed by atoms with E-state index in [-0.39, 0.29) is 11.7 Å². The molecule has 0 fully saturated rings. The van der Waals surface area contributed by atoms with Gasteiger partial charge in [0.15, 0.2) is 5.78 Å². The highest BCUT2D eigenvalue weighted by Gasteiger charge is 2.24. The molecule has 0 saturated heterocycles. The fraction of sp³-hybridized carbons (Fsp3) is 0.333. The highest BCUT2D eigenvalue weighted by molar-refractivity contribution is 7.11. The number of ketones is 1. The number of fused-ring (bicyclic) bond motifs is 2. The van der Waals surface area contributed by atoms with Gasteiger partial charge in [-0.05, 0) is 44.1 Å². The minimum Gasteiger partial charge on any atom is -0.382 e. The zero-order valence-corrected chi connectivity index (χ0v) is 19.9. The number of nitrogen functional groups attached to an aromatic ring is 1. The van der Waals surface area contributed by atoms with Gasteiger partial charge in [0.05, 0.1) is 16.1 Å². The summed E-state index contributed by atoms with van der Waals surface area (Å²) in [5.74, 6) is 1.20. The number of nitrogens with two attached hydrogens (primary N) is 1. The van der Waals surface area contributed by atoms with Gasteiger partial charge in [-0.1, -0.05) is 19.9 Å². The third kappa shape index (κ3) is 4.74. The van der Waals surface area contributed by atoms with E-state index >= 15 is 0 Å². The van der Waals surface area contributed by atoms with Crippen LogP contribution < -0.4 is 11.1 Å². The Kier molecular flexibility index (Phi) is 7.00. The summed E-state index contributed by atoms with van der Waals surface area (Å²) in [6.45, 7) is 5.15. The molecule has 4 aromatic rings. The molecule has 4 N–H and O–H groups in total. The summed E-state index contributed by atoms with van der Waals surface area (Å²) in [5, 5.41) is 2.93. The molecule has 33 heavy (non-hydrogen) atoms. The first kappa shape index (κ1) is 22.9. The Balaban J connectivity index is 0.000000601. The van der Waals surface area contributed by atoms with Crippen LogP contribution in [0, 0.1) is 0 Å². The summed E-state index contributed by atoms with van der Waals surface area (Å²) in [6.07, 6.45) is 11.8. The van der Waals surface area contributed by atoms with E-state index < -0.39 is 0 Å². The van der Waals surface area contributed by atoms with Crippen molar-refractivity contribution in [2.75, 3.05) is 19.3 Å². The van der Waals surface area contributed by atoms with Crippen molar-refractivity contribution in [2.24, 2.45) is 0 Å². The first-order valence-corrected chi connectivity index (χ1v) is 12.0. The van der Waals surface area contributed by atoms with Crippen LogP contribution in [-0.2, 0) is 6.42 Å². The van der Waals surface area contributed by atoms with Crippen LogP contribution in [0.5, 0.6) is 0 Å². The Bertz CT molecular complexity index is 1270. The normalized spacial score (nSPS) is 13.4. The average Bonchev–Trinajstić information content (AvgIpc) is 3.57. The van der Waals surface area contributed by atoms with E-state index in [4.69, 9.17) is 10.7 Å². The number of nitrogens with zero attached hydrogens (tertiary/aromatic N) is 4. The maximum absolute atomic E-state index is 12.6. The van der Waals surface area contributed by atoms with Gasteiger partial charge in [-0.15, -0.1) is 11.3 Å². The first-order chi connectivity index (χ1) is 16.0. The molecule has 0 amide bonds. The molecule has 0 aliphatic heterocycles. The number of hydrogen-bond acceptors (Lipinski definition) is 7. The second-order valence-electron chi connectivity index (χ2n) is 8.01. The average molecular weight is 464 g/mol. The highest BCUT2D eigenvalue weighted by atomic mass is 32.1. The molecule has 9 heteroatoms. The van der Waals surface area contributed by atoms with Gasteiger partial charge in [-0.2, -0.15) is 0 Å². The van der Waals surface area contributed by atoms with Crippen molar-refractivity contribution in [1.82, 2.24) is 29.7 Å². The summed E-state index contributed by atoms with van der Waals surface area (Å²) in [5.41, 5.74) is 12.8. The lowest BCUT2D eigenvalue weighted by Crippen LogP contribution is -2.07. The van der Waals surface area contributed by atoms with Crippen LogP contribution in [0.25, 0.3) is 23.0 Å². The summed E-state index contributed by atoms with van der Waals surface area (Å²) in [6, 6.07) is 2.14. The topological polar surface area (TPSA) is 114 Å². The molecule has 172 valence electrons. The van der Waals surface area contributed by atoms with E-state index in [1.165, 1.54) is 16.9 Å². The number of H-pyrrole nitrogens is 1. The van der Waals surface area contributed by atoms with Crippen LogP contribution in [0.2, 0.25) is 0 Å². The van der Waals surface area contributed by atoms with Gasteiger partial charge < -0.3 is 16.0 Å². The number of allylic oxidation sites excluding steroid dienone is 1. The van der Waals surface area contributed by atoms with Crippen LogP contribution in [0.3, 0.4) is 0 Å². The van der Waals surface area contributed by atoms with E-state index in [1.807, 2.05) is 24.6 Å². The second-order valence-corrected chi connectivity index (χ2v) is 8.90. The van der Waals surface area contributed by atoms with Crippen LogP contribution in [0.1, 0.15) is 59.4 Å². The molecule has 1 aliphatic rings. The van der Waals surface area contributed by atoms with Crippen molar-refractivity contribution in [2.45, 2.75) is 39.0 Å². The number of imidazole rings is 1. The molecule has 0 aromatic carbocycles. The number of nitrogens with one attached hydrogen (secondary N) is 2. The first-order valence-electron chi connectivity index (χ1n) is 11.1. The van der Waals surface area contributed by atoms with E-state index in [1.54, 1.807) is 17.9 Å². The van der Waals surface area contributed by atoms with E-state index in [9.17, 15) is 4.79 Å². The summed E-state index contributed by atoms with van der Waals surface area (Å²) in [4.78, 5) is 29.9. The number of carbonyl (C=O) groups is 1. The number of aromatic nitrogens is 5. The molecule has 4 aromatic heterocycles. The Hall–Kier alpha value is -3.30. The second kappa shape index (κ2) is 10.1. The lowest BCUT2D eigenvalue weighted by atomic mass is 10.0. The number of anilines is 1. The number of aryl methyl sites for hydroxylation is 1. The predicted molar refractivity (Wildman–Crippen MR) is 134 cm³/mol. The smallest absolute Gasteiger partial charge is 0.175 e. The number of Topliss-reactive ketones (excluding diaryl/α,β-unsaturated/α-hetero) is 1. The summed E-state index contributed by atoms with van der Waals surface area (Å²) in [7, 11) is 1.93. The molecule has 0 spiro atoms. The summed E-state index contributed by atoms with van der Waals surface area (Å²) < 4.78 is 1.96. The Morgan fingerprint density at radius 1 is 1.42 bits per heavy atom. The fourth-order valence-electron chi connectivity index (χ4n) is 3.88. The minimum atomic E-state index is -0.0860. The lowest BCUT2D eigenvalue weighted by Gasteiger charge is -2.09. The van der Waals surface area contributed by atoms with Crippen LogP contribution in [-0.4, -0.2) is 43.7 Å². The number of rotatable bonds is 6. The highest BCUT2D eigenvalue weighted by Crippen LogP contribution is 2.33. The number of hydrogen-bond donors (Lipinski definition) is 3. The standard InChI is InChI=1S/C21H20N6OS.C3H9N/c1-12(8-16(28)17-10-23-11-29-17)21-26-18(19-20(22)24-6-7-27(19)21)15-9-13-4-2-3-5-14(13)25-15;1-3-4-2/h3,5-7,9-12,25H,2,4,8H2,1H3,(H2,22,24);4H,3H2,1-2H3. The van der Waals surface area contributed by atoms with Gasteiger partial charge >= 0.3 is 0 Å². The van der Waals surface area contributed by atoms with Crippen LogP contribution in [0.15, 0.2) is 36.2 Å². The van der Waals surface area contributed by atoms with E-state index in [0.717, 1.165) is 47.8 Å². The maximum atomic E-state index is 12.6. The number of aromatic amines is 1. The predicted octanol–water partition coefficient (Wildman–Crippen LogP) is 4.32. The Morgan fingerprint density at radius 3 is 2.94 bits per heavy atom. The third-order valence-corrected chi connectivity index (χ3v) is 6.47. The van der Waals surface area contributed by atoms with Gasteiger partial charge in [0.1, 0.15) is 22.9 Å². The molecule has 0 radical (unpaired) electrons. The van der Waals surface area contributed by atoms with Crippen molar-refractivity contribution in [3.63, 3.8) is 0 Å². The molecule has 4 heterocycles. The van der Waals surface area contributed by atoms with Gasteiger partial charge in [-0.3, -0.25) is 14.2 Å². The lowest BCUT2D eigenvalue weighted by molar-refractivity contribution is 0.0978. The largest absolute Gasteiger partial charge is 0.382 e. The van der Waals surface area contributed by atoms with Gasteiger partial charge in [0.25, 0.3) is 0 Å². The van der Waals surface area contributed by atoms with E-state index in [0.29, 0.717) is 17.1 Å². The van der Waals surface area contributed by atoms with E-state index in [2.05, 4.69) is 45.4 Å². The zero-order valence-electron chi connectivity index (χ0n) is 19.1. The monoisotopic (exact) mass is 463 g/mol. The molecule has 1 aliphatic carbocycles. The minimum absolute atomic E-state index is 0.0702. The molecule has 1 atom stereocenters. The van der Waals surface area contributed by atoms with Crippen molar-refractivity contribution < 1.29 is 4.79 Å². The SMILES string of the molecule is CC(CC(=O)c1cncs1)c1nc(-c2cc3c([nH]2)C=CCC3)c2c(N)nccn12.CCNC.